The van der Waals surface area contributed by atoms with E-state index in [4.69, 9.17) is 14.2 Å². The van der Waals surface area contributed by atoms with Crippen molar-refractivity contribution in [3.05, 3.63) is 77.2 Å². The third kappa shape index (κ3) is 7.56. The zero-order valence-electron chi connectivity index (χ0n) is 22.7. The number of ether oxygens (including phenoxy) is 3. The molecule has 1 saturated carbocycles. The number of carbonyl (C=O) groups excluding carboxylic acids is 2. The predicted molar refractivity (Wildman–Crippen MR) is 146 cm³/mol. The van der Waals surface area contributed by atoms with Crippen molar-refractivity contribution in [1.82, 2.24) is 10.3 Å². The van der Waals surface area contributed by atoms with E-state index in [0.29, 0.717) is 34.6 Å². The Morgan fingerprint density at radius 1 is 1.08 bits per heavy atom. The molecule has 0 bridgehead atoms. The second-order valence-corrected chi connectivity index (χ2v) is 10.2. The number of nitrogens with zero attached hydrogens (tertiary/aromatic N) is 1. The summed E-state index contributed by atoms with van der Waals surface area (Å²) in [5.74, 6) is -0.268. The molecule has 7 nitrogen and oxygen atoms in total. The minimum absolute atomic E-state index is 0.0591. The first kappa shape index (κ1) is 28.1. The van der Waals surface area contributed by atoms with Gasteiger partial charge in [-0.25, -0.2) is 4.39 Å². The van der Waals surface area contributed by atoms with E-state index in [9.17, 15) is 14.0 Å². The Bertz CT molecular complexity index is 1300. The number of esters is 1. The molecule has 0 radical (unpaired) electrons. The van der Waals surface area contributed by atoms with Crippen LogP contribution in [0.5, 0.6) is 11.5 Å². The second kappa shape index (κ2) is 13.2. The van der Waals surface area contributed by atoms with Gasteiger partial charge in [0, 0.05) is 30.3 Å². The van der Waals surface area contributed by atoms with Gasteiger partial charge in [-0.3, -0.25) is 14.6 Å². The highest BCUT2D eigenvalue weighted by atomic mass is 19.1. The van der Waals surface area contributed by atoms with Gasteiger partial charge >= 0.3 is 5.97 Å². The Morgan fingerprint density at radius 3 is 2.56 bits per heavy atom. The normalized spacial score (nSPS) is 13.4. The minimum Gasteiger partial charge on any atom is -0.494 e. The van der Waals surface area contributed by atoms with E-state index < -0.39 is 5.82 Å². The van der Waals surface area contributed by atoms with E-state index in [2.05, 4.69) is 10.3 Å². The first-order valence-electron chi connectivity index (χ1n) is 13.3. The van der Waals surface area contributed by atoms with Crippen molar-refractivity contribution in [2.24, 2.45) is 5.92 Å². The maximum atomic E-state index is 14.1. The highest BCUT2D eigenvalue weighted by molar-refractivity contribution is 5.98. The van der Waals surface area contributed by atoms with Crippen LogP contribution in [0.25, 0.3) is 11.3 Å². The van der Waals surface area contributed by atoms with Gasteiger partial charge in [-0.15, -0.1) is 0 Å². The molecule has 206 valence electrons. The van der Waals surface area contributed by atoms with Crippen LogP contribution in [0.4, 0.5) is 4.39 Å². The van der Waals surface area contributed by atoms with E-state index in [1.165, 1.54) is 19.2 Å². The number of amides is 1. The summed E-state index contributed by atoms with van der Waals surface area (Å²) in [6.45, 7) is 4.14. The van der Waals surface area contributed by atoms with Crippen molar-refractivity contribution in [2.45, 2.75) is 65.2 Å². The zero-order valence-corrected chi connectivity index (χ0v) is 22.7. The number of aromatic nitrogens is 1. The molecule has 0 spiro atoms. The molecule has 0 aliphatic heterocycles. The van der Waals surface area contributed by atoms with Crippen molar-refractivity contribution in [3.63, 3.8) is 0 Å². The molecule has 1 aliphatic rings. The number of carbonyl (C=O) groups is 2. The Morgan fingerprint density at radius 2 is 1.85 bits per heavy atom. The number of rotatable bonds is 11. The summed E-state index contributed by atoms with van der Waals surface area (Å²) in [6, 6.07) is 13.6. The Hall–Kier alpha value is -3.94. The van der Waals surface area contributed by atoms with E-state index in [0.717, 1.165) is 31.2 Å². The van der Waals surface area contributed by atoms with Gasteiger partial charge in [-0.05, 0) is 73.6 Å². The molecule has 1 aliphatic carbocycles. The SMILES string of the molecule is COc1ccc(CNC(=O)c2cc(-c3ncccc3COC(=O)CC(C)C)ccc2OC2CCCC2)cc1F. The van der Waals surface area contributed by atoms with Crippen molar-refractivity contribution < 1.29 is 28.2 Å². The van der Waals surface area contributed by atoms with Gasteiger partial charge in [0.25, 0.3) is 5.91 Å². The minimum atomic E-state index is -0.492. The molecule has 1 N–H and O–H groups in total. The molecule has 1 aromatic heterocycles. The lowest BCUT2D eigenvalue weighted by molar-refractivity contribution is -0.145. The second-order valence-electron chi connectivity index (χ2n) is 10.2. The molecule has 8 heteroatoms. The van der Waals surface area contributed by atoms with E-state index in [-0.39, 0.29) is 42.8 Å². The summed E-state index contributed by atoms with van der Waals surface area (Å²) in [4.78, 5) is 30.1. The molecule has 0 saturated heterocycles. The van der Waals surface area contributed by atoms with E-state index in [1.807, 2.05) is 26.0 Å². The molecule has 39 heavy (non-hydrogen) atoms. The average molecular weight is 535 g/mol. The number of halogens is 1. The first-order chi connectivity index (χ1) is 18.8. The van der Waals surface area contributed by atoms with Crippen LogP contribution in [0.15, 0.2) is 54.7 Å². The summed E-state index contributed by atoms with van der Waals surface area (Å²) >= 11 is 0. The van der Waals surface area contributed by atoms with Crippen LogP contribution in [-0.2, 0) is 22.7 Å². The summed E-state index contributed by atoms with van der Waals surface area (Å²) in [5, 5.41) is 2.88. The molecular formula is C31H35FN2O5. The van der Waals surface area contributed by atoms with Crippen molar-refractivity contribution >= 4 is 11.9 Å². The largest absolute Gasteiger partial charge is 0.494 e. The lowest BCUT2D eigenvalue weighted by Gasteiger charge is -2.18. The van der Waals surface area contributed by atoms with Crippen LogP contribution < -0.4 is 14.8 Å². The fraction of sp³-hybridized carbons (Fsp3) is 0.387. The van der Waals surface area contributed by atoms with Gasteiger partial charge in [0.2, 0.25) is 0 Å². The number of hydrogen-bond donors (Lipinski definition) is 1. The quantitative estimate of drug-likeness (QED) is 0.293. The number of methoxy groups -OCH3 is 1. The number of hydrogen-bond acceptors (Lipinski definition) is 6. The van der Waals surface area contributed by atoms with Crippen LogP contribution in [0, 0.1) is 11.7 Å². The van der Waals surface area contributed by atoms with Crippen molar-refractivity contribution in [2.75, 3.05) is 7.11 Å². The third-order valence-electron chi connectivity index (χ3n) is 6.62. The fourth-order valence-electron chi connectivity index (χ4n) is 4.61. The maximum Gasteiger partial charge on any atom is 0.306 e. The highest BCUT2D eigenvalue weighted by Crippen LogP contribution is 2.31. The fourth-order valence-corrected chi connectivity index (χ4v) is 4.61. The summed E-state index contributed by atoms with van der Waals surface area (Å²) in [6.07, 6.45) is 6.14. The molecule has 4 rings (SSSR count). The van der Waals surface area contributed by atoms with E-state index >= 15 is 0 Å². The van der Waals surface area contributed by atoms with Gasteiger partial charge in [0.15, 0.2) is 11.6 Å². The molecule has 2 aromatic carbocycles. The number of pyridine rings is 1. The predicted octanol–water partition coefficient (Wildman–Crippen LogP) is 6.24. The Balaban J connectivity index is 1.58. The lowest BCUT2D eigenvalue weighted by Crippen LogP contribution is -2.24. The standard InChI is InChI=1S/C31H35FN2O5/c1-20(2)15-29(35)38-19-23-7-6-14-33-30(23)22-11-13-27(39-24-8-4-5-9-24)25(17-22)31(36)34-18-21-10-12-28(37-3)26(32)16-21/h6-7,10-14,16-17,20,24H,4-5,8-9,15,18-19H2,1-3H3,(H,34,36). The average Bonchev–Trinajstić information content (AvgIpc) is 3.44. The highest BCUT2D eigenvalue weighted by Gasteiger charge is 2.22. The van der Waals surface area contributed by atoms with Crippen LogP contribution in [-0.4, -0.2) is 30.1 Å². The number of benzene rings is 2. The first-order valence-corrected chi connectivity index (χ1v) is 13.3. The monoisotopic (exact) mass is 534 g/mol. The molecular weight excluding hydrogens is 499 g/mol. The Kier molecular flexibility index (Phi) is 9.52. The smallest absolute Gasteiger partial charge is 0.306 e. The van der Waals surface area contributed by atoms with Gasteiger partial charge in [-0.2, -0.15) is 0 Å². The summed E-state index contributed by atoms with van der Waals surface area (Å²) in [5.41, 5.74) is 3.02. The van der Waals surface area contributed by atoms with Gasteiger partial charge in [-0.1, -0.05) is 26.0 Å². The molecule has 0 unspecified atom stereocenters. The van der Waals surface area contributed by atoms with Crippen LogP contribution in [0.1, 0.15) is 67.4 Å². The van der Waals surface area contributed by atoms with Gasteiger partial charge in [0.1, 0.15) is 12.4 Å². The van der Waals surface area contributed by atoms with Gasteiger partial charge in [0.05, 0.1) is 24.5 Å². The van der Waals surface area contributed by atoms with Crippen LogP contribution in [0.3, 0.4) is 0 Å². The van der Waals surface area contributed by atoms with E-state index in [1.54, 1.807) is 30.5 Å². The Labute approximate surface area is 228 Å². The zero-order chi connectivity index (χ0) is 27.8. The number of nitrogens with one attached hydrogen (secondary N) is 1. The third-order valence-corrected chi connectivity index (χ3v) is 6.62. The maximum absolute atomic E-state index is 14.1. The summed E-state index contributed by atoms with van der Waals surface area (Å²) in [7, 11) is 1.40. The molecule has 0 atom stereocenters. The lowest BCUT2D eigenvalue weighted by atomic mass is 10.0. The molecule has 1 amide bonds. The van der Waals surface area contributed by atoms with Crippen molar-refractivity contribution in [3.8, 4) is 22.8 Å². The topological polar surface area (TPSA) is 86.8 Å². The van der Waals surface area contributed by atoms with Gasteiger partial charge < -0.3 is 19.5 Å². The molecule has 1 heterocycles. The van der Waals surface area contributed by atoms with Crippen LogP contribution in [0.2, 0.25) is 0 Å². The molecule has 3 aromatic rings. The van der Waals surface area contributed by atoms with Crippen molar-refractivity contribution in [1.29, 1.82) is 0 Å². The molecule has 1 fully saturated rings. The summed E-state index contributed by atoms with van der Waals surface area (Å²) < 4.78 is 30.8. The van der Waals surface area contributed by atoms with Crippen LogP contribution >= 0.6 is 0 Å².